The third-order valence-corrected chi connectivity index (χ3v) is 1.53. The van der Waals surface area contributed by atoms with Crippen LogP contribution >= 0.6 is 0 Å². The van der Waals surface area contributed by atoms with Gasteiger partial charge in [0.05, 0.1) is 11.9 Å². The summed E-state index contributed by atoms with van der Waals surface area (Å²) in [6, 6.07) is 0. The SMILES string of the molecule is O=C([O-])C1(C(=O)[O-])CC1.[Li+].[Li+]. The Bertz CT molecular complexity index is 159. The first-order valence-corrected chi connectivity index (χ1v) is 2.52. The predicted molar refractivity (Wildman–Crippen MR) is 21.7 cm³/mol. The molecule has 0 aromatic carbocycles. The van der Waals surface area contributed by atoms with Crippen LogP contribution in [0.1, 0.15) is 12.8 Å². The summed E-state index contributed by atoms with van der Waals surface area (Å²) in [6.07, 6.45) is 0.301. The second-order valence-corrected chi connectivity index (χ2v) is 2.16. The number of rotatable bonds is 2. The first-order valence-electron chi connectivity index (χ1n) is 2.52. The fraction of sp³-hybridized carbons (Fsp3) is 0.600. The maximum Gasteiger partial charge on any atom is 1.00 e. The number of carboxylic acids is 2. The van der Waals surface area contributed by atoms with Crippen molar-refractivity contribution in [3.63, 3.8) is 0 Å². The molecule has 0 spiro atoms. The third kappa shape index (κ3) is 2.28. The summed E-state index contributed by atoms with van der Waals surface area (Å²) < 4.78 is 0. The summed E-state index contributed by atoms with van der Waals surface area (Å²) in [5.74, 6) is -3.05. The maximum absolute atomic E-state index is 9.99. The van der Waals surface area contributed by atoms with E-state index < -0.39 is 17.4 Å². The third-order valence-electron chi connectivity index (χ3n) is 1.53. The molecule has 1 aliphatic rings. The molecule has 1 fully saturated rings. The molecule has 0 bridgehead atoms. The molecule has 1 aliphatic carbocycles. The normalized spacial score (nSPS) is 17.1. The molecule has 4 nitrogen and oxygen atoms in total. The summed E-state index contributed by atoms with van der Waals surface area (Å²) in [7, 11) is 0. The molecule has 0 saturated heterocycles. The summed E-state index contributed by atoms with van der Waals surface area (Å²) in [6.45, 7) is 0. The number of hydrogen-bond acceptors (Lipinski definition) is 4. The van der Waals surface area contributed by atoms with Gasteiger partial charge < -0.3 is 19.8 Å². The molecule has 0 atom stereocenters. The van der Waals surface area contributed by atoms with Gasteiger partial charge >= 0.3 is 37.7 Å². The van der Waals surface area contributed by atoms with E-state index in [2.05, 4.69) is 0 Å². The molecule has 0 amide bonds. The molecular weight excluding hydrogens is 138 g/mol. The van der Waals surface area contributed by atoms with Crippen LogP contribution in [0.25, 0.3) is 0 Å². The van der Waals surface area contributed by atoms with Gasteiger partial charge in [-0.25, -0.2) is 0 Å². The quantitative estimate of drug-likeness (QED) is 0.283. The van der Waals surface area contributed by atoms with E-state index in [1.165, 1.54) is 0 Å². The van der Waals surface area contributed by atoms with Gasteiger partial charge in [0.15, 0.2) is 0 Å². The average molecular weight is 142 g/mol. The van der Waals surface area contributed by atoms with Crippen molar-refractivity contribution in [3.8, 4) is 0 Å². The number of hydrogen-bond donors (Lipinski definition) is 0. The Balaban J connectivity index is 0. The van der Waals surface area contributed by atoms with Crippen molar-refractivity contribution in [2.24, 2.45) is 5.41 Å². The van der Waals surface area contributed by atoms with E-state index >= 15 is 0 Å². The minimum atomic E-state index is -1.64. The van der Waals surface area contributed by atoms with Gasteiger partial charge in [0, 0.05) is 5.41 Å². The zero-order chi connectivity index (χ0) is 7.07. The van der Waals surface area contributed by atoms with E-state index in [1.807, 2.05) is 0 Å². The van der Waals surface area contributed by atoms with E-state index in [0.717, 1.165) is 0 Å². The average Bonchev–Trinajstić information content (AvgIpc) is 2.40. The molecule has 0 aromatic rings. The van der Waals surface area contributed by atoms with Crippen LogP contribution in [-0.2, 0) is 9.59 Å². The zero-order valence-electron chi connectivity index (χ0n) is 6.55. The first-order chi connectivity index (χ1) is 4.09. The Morgan fingerprint density at radius 1 is 1.00 bits per heavy atom. The van der Waals surface area contributed by atoms with Crippen molar-refractivity contribution in [2.45, 2.75) is 12.8 Å². The molecule has 0 aromatic heterocycles. The van der Waals surface area contributed by atoms with Gasteiger partial charge in [-0.2, -0.15) is 0 Å². The standard InChI is InChI=1S/C5H6O4.2Li/c6-3(7)5(1-2-5)4(8)9;;/h1-2H2,(H,6,7)(H,8,9);;/q;2*+1/p-2. The van der Waals surface area contributed by atoms with Crippen LogP contribution in [0.15, 0.2) is 0 Å². The van der Waals surface area contributed by atoms with Crippen molar-refractivity contribution in [3.05, 3.63) is 0 Å². The van der Waals surface area contributed by atoms with Gasteiger partial charge in [-0.3, -0.25) is 0 Å². The van der Waals surface area contributed by atoms with Gasteiger partial charge in [0.1, 0.15) is 0 Å². The van der Waals surface area contributed by atoms with Gasteiger partial charge in [0.2, 0.25) is 0 Å². The predicted octanol–water partition coefficient (Wildman–Crippen LogP) is -8.73. The maximum atomic E-state index is 9.99. The molecule has 11 heavy (non-hydrogen) atoms. The minimum Gasteiger partial charge on any atom is -0.549 e. The Morgan fingerprint density at radius 2 is 1.27 bits per heavy atom. The number of aliphatic carboxylic acids is 2. The van der Waals surface area contributed by atoms with Gasteiger partial charge in [-0.1, -0.05) is 0 Å². The molecule has 0 unspecified atom stereocenters. The molecule has 6 heteroatoms. The fourth-order valence-electron chi connectivity index (χ4n) is 0.617. The van der Waals surface area contributed by atoms with Crippen molar-refractivity contribution in [1.29, 1.82) is 0 Å². The Labute approximate surface area is 87.7 Å². The summed E-state index contributed by atoms with van der Waals surface area (Å²) >= 11 is 0. The Kier molecular flexibility index (Phi) is 5.27. The number of carbonyl (C=O) groups excluding carboxylic acids is 2. The van der Waals surface area contributed by atoms with E-state index in [4.69, 9.17) is 0 Å². The smallest absolute Gasteiger partial charge is 0.549 e. The van der Waals surface area contributed by atoms with Crippen molar-refractivity contribution < 1.29 is 57.5 Å². The van der Waals surface area contributed by atoms with Crippen LogP contribution in [0.4, 0.5) is 0 Å². The Morgan fingerprint density at radius 3 is 1.27 bits per heavy atom. The van der Waals surface area contributed by atoms with E-state index in [-0.39, 0.29) is 50.6 Å². The molecule has 1 saturated carbocycles. The molecule has 0 aliphatic heterocycles. The second kappa shape index (κ2) is 4.23. The summed E-state index contributed by atoms with van der Waals surface area (Å²) in [5.41, 5.74) is -1.64. The minimum absolute atomic E-state index is 0. The van der Waals surface area contributed by atoms with Gasteiger partial charge in [0.25, 0.3) is 0 Å². The van der Waals surface area contributed by atoms with Gasteiger partial charge in [-0.05, 0) is 12.8 Å². The topological polar surface area (TPSA) is 80.3 Å². The summed E-state index contributed by atoms with van der Waals surface area (Å²) in [5, 5.41) is 20.0. The van der Waals surface area contributed by atoms with Crippen LogP contribution in [0, 0.1) is 5.41 Å². The summed E-state index contributed by atoms with van der Waals surface area (Å²) in [4.78, 5) is 20.0. The Hall–Kier alpha value is 0.135. The molecule has 50 valence electrons. The van der Waals surface area contributed by atoms with Crippen LogP contribution in [0.5, 0.6) is 0 Å². The monoisotopic (exact) mass is 142 g/mol. The molecule has 0 heterocycles. The largest absolute Gasteiger partial charge is 1.00 e. The molecule has 0 radical (unpaired) electrons. The second-order valence-electron chi connectivity index (χ2n) is 2.16. The van der Waals surface area contributed by atoms with Crippen LogP contribution in [-0.4, -0.2) is 11.9 Å². The van der Waals surface area contributed by atoms with E-state index in [1.54, 1.807) is 0 Å². The zero-order valence-corrected chi connectivity index (χ0v) is 6.55. The number of carbonyl (C=O) groups is 2. The molecule has 1 rings (SSSR count). The van der Waals surface area contributed by atoms with Crippen molar-refractivity contribution in [2.75, 3.05) is 0 Å². The van der Waals surface area contributed by atoms with Crippen molar-refractivity contribution >= 4 is 11.9 Å². The van der Waals surface area contributed by atoms with Gasteiger partial charge in [-0.15, -0.1) is 0 Å². The van der Waals surface area contributed by atoms with Crippen LogP contribution in [0.2, 0.25) is 0 Å². The molecule has 0 N–H and O–H groups in total. The fourth-order valence-corrected chi connectivity index (χ4v) is 0.617. The van der Waals surface area contributed by atoms with Crippen LogP contribution in [0.3, 0.4) is 0 Å². The van der Waals surface area contributed by atoms with Crippen LogP contribution < -0.4 is 47.9 Å². The number of carboxylic acid groups (broad SMARTS) is 2. The molecular formula is C5H4Li2O4. The van der Waals surface area contributed by atoms with E-state index in [0.29, 0.717) is 0 Å². The first kappa shape index (κ1) is 13.7. The van der Waals surface area contributed by atoms with Crippen molar-refractivity contribution in [1.82, 2.24) is 0 Å². The van der Waals surface area contributed by atoms with E-state index in [9.17, 15) is 19.8 Å².